The normalized spacial score (nSPS) is 24.1. The Hall–Kier alpha value is -3.50. The molecule has 1 N–H and O–H groups in total. The summed E-state index contributed by atoms with van der Waals surface area (Å²) in [6, 6.07) is 13.1. The van der Waals surface area contributed by atoms with Gasteiger partial charge in [-0.05, 0) is 42.3 Å². The molecule has 1 fully saturated rings. The number of fused-ring (bicyclic) bond motifs is 1. The standard InChI is InChI=1S/C26H24BrN3O6/c1-29-18-7-5-4-6-17(18)26-12-16(13-31)30(22(32)14-8-10-15(27)11-9-14)25(26)28-20(24(34)36-3)19(21(26)29)23(33)35-2/h4-11,16,21,31H,12-13H2,1-3H3/t16-,21-,26-/m0/s1. The van der Waals surface area contributed by atoms with Crippen molar-refractivity contribution in [1.29, 1.82) is 0 Å². The number of anilines is 1. The Labute approximate surface area is 216 Å². The van der Waals surface area contributed by atoms with Crippen LogP contribution in [0.4, 0.5) is 5.69 Å². The number of carbonyl (C=O) groups excluding carboxylic acids is 3. The van der Waals surface area contributed by atoms with E-state index in [1.165, 1.54) is 19.1 Å². The van der Waals surface area contributed by atoms with Gasteiger partial charge in [-0.3, -0.25) is 9.69 Å². The fourth-order valence-corrected chi connectivity index (χ4v) is 6.05. The summed E-state index contributed by atoms with van der Waals surface area (Å²) in [6.07, 6.45) is 0.297. The molecule has 1 saturated heterocycles. The molecule has 3 heterocycles. The maximum atomic E-state index is 13.9. The number of aliphatic imine (C=N–C) groups is 1. The minimum Gasteiger partial charge on any atom is -0.466 e. The van der Waals surface area contributed by atoms with Crippen LogP contribution in [0.2, 0.25) is 0 Å². The summed E-state index contributed by atoms with van der Waals surface area (Å²) in [5.41, 5.74) is 0.942. The van der Waals surface area contributed by atoms with Gasteiger partial charge < -0.3 is 19.5 Å². The van der Waals surface area contributed by atoms with E-state index in [-0.39, 0.29) is 23.8 Å². The van der Waals surface area contributed by atoms with Crippen LogP contribution in [0.15, 0.2) is 69.3 Å². The number of rotatable bonds is 4. The number of hydrogen-bond donors (Lipinski definition) is 1. The topological polar surface area (TPSA) is 109 Å². The van der Waals surface area contributed by atoms with E-state index in [0.29, 0.717) is 17.8 Å². The Kier molecular flexibility index (Phi) is 5.96. The van der Waals surface area contributed by atoms with E-state index in [4.69, 9.17) is 9.47 Å². The SMILES string of the molecule is COC(=O)C1=C(C(=O)OC)[C@@H]2N(C)c3ccccc3[C@@]23C[C@@H](CO)N(C(=O)c2ccc(Br)cc2)C3=N1. The predicted octanol–water partition coefficient (Wildman–Crippen LogP) is 2.42. The Balaban J connectivity index is 1.81. The molecular weight excluding hydrogens is 530 g/mol. The summed E-state index contributed by atoms with van der Waals surface area (Å²) >= 11 is 3.38. The van der Waals surface area contributed by atoms with Gasteiger partial charge in [0, 0.05) is 22.8 Å². The first-order valence-corrected chi connectivity index (χ1v) is 12.1. The van der Waals surface area contributed by atoms with Gasteiger partial charge in [0.2, 0.25) is 0 Å². The summed E-state index contributed by atoms with van der Waals surface area (Å²) in [6.45, 7) is -0.331. The minimum absolute atomic E-state index is 0.0569. The van der Waals surface area contributed by atoms with Crippen molar-refractivity contribution in [2.45, 2.75) is 23.9 Å². The van der Waals surface area contributed by atoms with Crippen LogP contribution in [0.3, 0.4) is 0 Å². The molecular formula is C26H24BrN3O6. The number of esters is 2. The summed E-state index contributed by atoms with van der Waals surface area (Å²) in [5, 5.41) is 10.4. The average molecular weight is 554 g/mol. The molecule has 3 aliphatic rings. The number of ether oxygens (including phenoxy) is 2. The number of hydrogen-bond acceptors (Lipinski definition) is 8. The zero-order valence-electron chi connectivity index (χ0n) is 19.9. The van der Waals surface area contributed by atoms with Crippen molar-refractivity contribution in [3.05, 3.63) is 75.4 Å². The molecule has 10 heteroatoms. The number of likely N-dealkylation sites (N-methyl/N-ethyl adjacent to an activating group) is 1. The average Bonchev–Trinajstić information content (AvgIpc) is 3.37. The number of nitrogens with zero attached hydrogens (tertiary/aromatic N) is 3. The fraction of sp³-hybridized carbons (Fsp3) is 0.308. The van der Waals surface area contributed by atoms with Crippen molar-refractivity contribution in [1.82, 2.24) is 4.90 Å². The van der Waals surface area contributed by atoms with E-state index in [0.717, 1.165) is 15.7 Å². The molecule has 0 unspecified atom stereocenters. The smallest absolute Gasteiger partial charge is 0.357 e. The van der Waals surface area contributed by atoms with Gasteiger partial charge in [0.15, 0.2) is 5.70 Å². The van der Waals surface area contributed by atoms with E-state index in [1.54, 1.807) is 24.3 Å². The fourth-order valence-electron chi connectivity index (χ4n) is 5.78. The van der Waals surface area contributed by atoms with E-state index < -0.39 is 29.4 Å². The second-order valence-electron chi connectivity index (χ2n) is 8.91. The van der Waals surface area contributed by atoms with Crippen molar-refractivity contribution in [2.24, 2.45) is 4.99 Å². The first-order chi connectivity index (χ1) is 17.3. The Bertz CT molecular complexity index is 1340. The van der Waals surface area contributed by atoms with Gasteiger partial charge in [-0.1, -0.05) is 34.1 Å². The quantitative estimate of drug-likeness (QED) is 0.579. The molecule has 0 radical (unpaired) electrons. The molecule has 2 aromatic rings. The number of benzene rings is 2. The Morgan fingerprint density at radius 2 is 1.75 bits per heavy atom. The number of carbonyl (C=O) groups is 3. The molecule has 3 aliphatic heterocycles. The van der Waals surface area contributed by atoms with Crippen molar-refractivity contribution in [3.8, 4) is 0 Å². The van der Waals surface area contributed by atoms with Crippen molar-refractivity contribution in [2.75, 3.05) is 32.8 Å². The molecule has 186 valence electrons. The van der Waals surface area contributed by atoms with Gasteiger partial charge >= 0.3 is 11.9 Å². The summed E-state index contributed by atoms with van der Waals surface area (Å²) in [7, 11) is 4.27. The molecule has 5 rings (SSSR count). The molecule has 0 saturated carbocycles. The lowest BCUT2D eigenvalue weighted by Gasteiger charge is -2.39. The van der Waals surface area contributed by atoms with Gasteiger partial charge in [0.05, 0.1) is 43.9 Å². The van der Waals surface area contributed by atoms with Crippen molar-refractivity contribution < 1.29 is 29.0 Å². The van der Waals surface area contributed by atoms with E-state index in [2.05, 4.69) is 20.9 Å². The van der Waals surface area contributed by atoms with Crippen LogP contribution < -0.4 is 4.90 Å². The highest BCUT2D eigenvalue weighted by molar-refractivity contribution is 9.10. The van der Waals surface area contributed by atoms with Crippen molar-refractivity contribution in [3.63, 3.8) is 0 Å². The molecule has 3 atom stereocenters. The van der Waals surface area contributed by atoms with Crippen LogP contribution in [0.25, 0.3) is 0 Å². The second kappa shape index (κ2) is 8.86. The number of halogens is 1. The zero-order valence-corrected chi connectivity index (χ0v) is 21.5. The molecule has 9 nitrogen and oxygen atoms in total. The maximum Gasteiger partial charge on any atom is 0.357 e. The van der Waals surface area contributed by atoms with Crippen LogP contribution in [-0.4, -0.2) is 73.6 Å². The monoisotopic (exact) mass is 553 g/mol. The third-order valence-electron chi connectivity index (χ3n) is 7.22. The number of aliphatic hydroxyl groups excluding tert-OH is 1. The summed E-state index contributed by atoms with van der Waals surface area (Å²) in [4.78, 5) is 47.9. The van der Waals surface area contributed by atoms with E-state index >= 15 is 0 Å². The lowest BCUT2D eigenvalue weighted by molar-refractivity contribution is -0.139. The van der Waals surface area contributed by atoms with Crippen LogP contribution in [0.1, 0.15) is 22.3 Å². The molecule has 36 heavy (non-hydrogen) atoms. The van der Waals surface area contributed by atoms with E-state index in [1.807, 2.05) is 36.2 Å². The minimum atomic E-state index is -0.981. The summed E-state index contributed by atoms with van der Waals surface area (Å²) < 4.78 is 10.9. The highest BCUT2D eigenvalue weighted by atomic mass is 79.9. The highest BCUT2D eigenvalue weighted by Crippen LogP contribution is 2.57. The van der Waals surface area contributed by atoms with Gasteiger partial charge in [0.25, 0.3) is 5.91 Å². The lowest BCUT2D eigenvalue weighted by atomic mass is 9.69. The van der Waals surface area contributed by atoms with Crippen LogP contribution in [0, 0.1) is 0 Å². The number of methoxy groups -OCH3 is 2. The third kappa shape index (κ3) is 3.24. The van der Waals surface area contributed by atoms with Crippen LogP contribution in [0.5, 0.6) is 0 Å². The van der Waals surface area contributed by atoms with E-state index in [9.17, 15) is 19.5 Å². The first kappa shape index (κ1) is 24.2. The molecule has 0 aliphatic carbocycles. The van der Waals surface area contributed by atoms with Crippen LogP contribution >= 0.6 is 15.9 Å². The number of para-hydroxylation sites is 1. The molecule has 0 bridgehead atoms. The largest absolute Gasteiger partial charge is 0.466 e. The van der Waals surface area contributed by atoms with Gasteiger partial charge in [-0.25, -0.2) is 14.6 Å². The number of amides is 1. The molecule has 0 aromatic heterocycles. The lowest BCUT2D eigenvalue weighted by Crippen LogP contribution is -2.55. The number of aliphatic hydroxyl groups is 1. The van der Waals surface area contributed by atoms with Gasteiger partial charge in [-0.15, -0.1) is 0 Å². The molecule has 1 amide bonds. The summed E-state index contributed by atoms with van der Waals surface area (Å²) in [5.74, 6) is -1.59. The Morgan fingerprint density at radius 1 is 1.08 bits per heavy atom. The van der Waals surface area contributed by atoms with Crippen molar-refractivity contribution >= 4 is 45.3 Å². The second-order valence-corrected chi connectivity index (χ2v) is 9.82. The highest BCUT2D eigenvalue weighted by Gasteiger charge is 2.65. The Morgan fingerprint density at radius 3 is 2.39 bits per heavy atom. The predicted molar refractivity (Wildman–Crippen MR) is 135 cm³/mol. The first-order valence-electron chi connectivity index (χ1n) is 11.3. The molecule has 2 aromatic carbocycles. The third-order valence-corrected chi connectivity index (χ3v) is 7.75. The number of likely N-dealkylation sites (tertiary alicyclic amines) is 1. The zero-order chi connectivity index (χ0) is 25.8. The van der Waals surface area contributed by atoms with Crippen LogP contribution in [-0.2, 0) is 24.5 Å². The number of amidine groups is 1. The molecule has 1 spiro atoms. The van der Waals surface area contributed by atoms with Gasteiger partial charge in [0.1, 0.15) is 5.84 Å². The maximum absolute atomic E-state index is 13.9. The van der Waals surface area contributed by atoms with Gasteiger partial charge in [-0.2, -0.15) is 0 Å².